The Bertz CT molecular complexity index is 488. The number of hydrogen-bond acceptors (Lipinski definition) is 1. The SMILES string of the molecule is CC(=O)CC/C=C(\C)CC/C=C(\C)CC/C=C(\I)CCC=C(C)C. The Morgan fingerprint density at radius 2 is 1.12 bits per heavy atom. The minimum Gasteiger partial charge on any atom is -0.300 e. The largest absolute Gasteiger partial charge is 0.300 e. The first-order valence-electron chi connectivity index (χ1n) is 9.10. The molecular weight excluding hydrogens is 407 g/mol. The third kappa shape index (κ3) is 16.2. The summed E-state index contributed by atoms with van der Waals surface area (Å²) in [4.78, 5) is 10.9. The van der Waals surface area contributed by atoms with Crippen molar-refractivity contribution in [2.45, 2.75) is 86.0 Å². The Hall–Kier alpha value is -0.640. The molecule has 0 radical (unpaired) electrons. The molecule has 0 spiro atoms. The molecule has 0 N–H and O–H groups in total. The fourth-order valence-corrected chi connectivity index (χ4v) is 2.95. The summed E-state index contributed by atoms with van der Waals surface area (Å²) >= 11 is 2.47. The average molecular weight is 442 g/mol. The molecule has 0 aromatic rings. The smallest absolute Gasteiger partial charge is 0.130 e. The molecule has 0 saturated heterocycles. The first-order valence-corrected chi connectivity index (χ1v) is 10.2. The molecule has 0 heterocycles. The molecule has 0 fully saturated rings. The summed E-state index contributed by atoms with van der Waals surface area (Å²) in [6.45, 7) is 10.4. The van der Waals surface area contributed by atoms with Crippen molar-refractivity contribution in [3.63, 3.8) is 0 Å². The van der Waals surface area contributed by atoms with E-state index in [1.54, 1.807) is 6.92 Å². The summed E-state index contributed by atoms with van der Waals surface area (Å²) in [7, 11) is 0. The predicted octanol–water partition coefficient (Wildman–Crippen LogP) is 7.87. The molecule has 0 saturated carbocycles. The van der Waals surface area contributed by atoms with E-state index in [-0.39, 0.29) is 5.78 Å². The topological polar surface area (TPSA) is 17.1 Å². The van der Waals surface area contributed by atoms with Crippen molar-refractivity contribution in [1.82, 2.24) is 0 Å². The van der Waals surface area contributed by atoms with Crippen LogP contribution in [0.2, 0.25) is 0 Å². The lowest BCUT2D eigenvalue weighted by atomic mass is 10.1. The maximum atomic E-state index is 10.9. The molecular formula is C22H35IO. The lowest BCUT2D eigenvalue weighted by molar-refractivity contribution is -0.116. The van der Waals surface area contributed by atoms with Crippen molar-refractivity contribution in [2.24, 2.45) is 0 Å². The van der Waals surface area contributed by atoms with Gasteiger partial charge in [-0.2, -0.15) is 0 Å². The van der Waals surface area contributed by atoms with E-state index in [4.69, 9.17) is 0 Å². The number of hydrogen-bond donors (Lipinski definition) is 0. The minimum atomic E-state index is 0.276. The third-order valence-electron chi connectivity index (χ3n) is 3.86. The zero-order valence-corrected chi connectivity index (χ0v) is 18.4. The van der Waals surface area contributed by atoms with Crippen LogP contribution in [0.5, 0.6) is 0 Å². The molecule has 0 atom stereocenters. The van der Waals surface area contributed by atoms with Crippen LogP contribution in [-0.2, 0) is 4.79 Å². The molecule has 0 aliphatic carbocycles. The van der Waals surface area contributed by atoms with E-state index in [9.17, 15) is 4.79 Å². The molecule has 0 bridgehead atoms. The predicted molar refractivity (Wildman–Crippen MR) is 117 cm³/mol. The molecule has 0 rings (SSSR count). The summed E-state index contributed by atoms with van der Waals surface area (Å²) < 4.78 is 1.47. The van der Waals surface area contributed by atoms with E-state index in [1.807, 2.05) is 0 Å². The van der Waals surface area contributed by atoms with Gasteiger partial charge in [0.2, 0.25) is 0 Å². The van der Waals surface area contributed by atoms with Gasteiger partial charge in [-0.1, -0.05) is 41.0 Å². The van der Waals surface area contributed by atoms with Gasteiger partial charge in [0.25, 0.3) is 0 Å². The van der Waals surface area contributed by atoms with Gasteiger partial charge in [-0.15, -0.1) is 0 Å². The fourth-order valence-electron chi connectivity index (χ4n) is 2.33. The molecule has 0 aromatic heterocycles. The molecule has 0 aliphatic heterocycles. The fraction of sp³-hybridized carbons (Fsp3) is 0.591. The van der Waals surface area contributed by atoms with Crippen molar-refractivity contribution < 1.29 is 4.79 Å². The summed E-state index contributed by atoms with van der Waals surface area (Å²) in [5.74, 6) is 0.276. The van der Waals surface area contributed by atoms with Crippen LogP contribution in [0, 0.1) is 0 Å². The van der Waals surface area contributed by atoms with Gasteiger partial charge in [0.1, 0.15) is 5.78 Å². The Labute approximate surface area is 163 Å². The molecule has 1 nitrogen and oxygen atoms in total. The monoisotopic (exact) mass is 442 g/mol. The molecule has 0 aromatic carbocycles. The van der Waals surface area contributed by atoms with Crippen molar-refractivity contribution in [3.8, 4) is 0 Å². The molecule has 0 aliphatic rings. The molecule has 2 heteroatoms. The number of allylic oxidation sites excluding steroid dienone is 8. The number of halogens is 1. The second-order valence-electron chi connectivity index (χ2n) is 6.89. The van der Waals surface area contributed by atoms with Crippen LogP contribution < -0.4 is 0 Å². The third-order valence-corrected chi connectivity index (χ3v) is 4.84. The van der Waals surface area contributed by atoms with Gasteiger partial charge in [0.05, 0.1) is 0 Å². The van der Waals surface area contributed by atoms with Gasteiger partial charge in [-0.3, -0.25) is 0 Å². The second kappa shape index (κ2) is 14.7. The minimum absolute atomic E-state index is 0.276. The van der Waals surface area contributed by atoms with E-state index in [0.29, 0.717) is 6.42 Å². The van der Waals surface area contributed by atoms with Gasteiger partial charge in [-0.05, 0) is 106 Å². The normalized spacial score (nSPS) is 13.2. The van der Waals surface area contributed by atoms with E-state index in [2.05, 4.69) is 74.6 Å². The number of ketones is 1. The van der Waals surface area contributed by atoms with Gasteiger partial charge < -0.3 is 4.79 Å². The molecule has 0 amide bonds. The second-order valence-corrected chi connectivity index (χ2v) is 8.28. The van der Waals surface area contributed by atoms with E-state index in [1.165, 1.54) is 26.7 Å². The summed E-state index contributed by atoms with van der Waals surface area (Å²) in [5.41, 5.74) is 4.29. The summed E-state index contributed by atoms with van der Waals surface area (Å²) in [6.07, 6.45) is 17.7. The zero-order valence-electron chi connectivity index (χ0n) is 16.3. The van der Waals surface area contributed by atoms with E-state index in [0.717, 1.165) is 38.5 Å². The van der Waals surface area contributed by atoms with Crippen LogP contribution in [0.3, 0.4) is 0 Å². The van der Waals surface area contributed by atoms with Crippen LogP contribution >= 0.6 is 22.6 Å². The summed E-state index contributed by atoms with van der Waals surface area (Å²) in [6, 6.07) is 0. The standard InChI is InChI=1S/C22H35IO/c1-18(2)10-6-16-22(23)17-9-14-20(4)12-7-11-19(3)13-8-15-21(5)24/h10,12-13,17H,6-9,11,14-16H2,1-5H3/b19-13+,20-12+,22-17-. The van der Waals surface area contributed by atoms with Crippen LogP contribution in [0.1, 0.15) is 86.0 Å². The number of carbonyl (C=O) groups excluding carboxylic acids is 1. The van der Waals surface area contributed by atoms with Crippen molar-refractivity contribution in [2.75, 3.05) is 0 Å². The van der Waals surface area contributed by atoms with Gasteiger partial charge in [0.15, 0.2) is 0 Å². The van der Waals surface area contributed by atoms with Crippen molar-refractivity contribution in [1.29, 1.82) is 0 Å². The molecule has 136 valence electrons. The highest BCUT2D eigenvalue weighted by atomic mass is 127. The van der Waals surface area contributed by atoms with Crippen molar-refractivity contribution in [3.05, 3.63) is 44.6 Å². The highest BCUT2D eigenvalue weighted by Gasteiger charge is 1.95. The molecule has 24 heavy (non-hydrogen) atoms. The maximum Gasteiger partial charge on any atom is 0.130 e. The highest BCUT2D eigenvalue weighted by molar-refractivity contribution is 14.1. The quantitative estimate of drug-likeness (QED) is 0.222. The van der Waals surface area contributed by atoms with Gasteiger partial charge in [0, 0.05) is 6.42 Å². The van der Waals surface area contributed by atoms with Gasteiger partial charge >= 0.3 is 0 Å². The highest BCUT2D eigenvalue weighted by Crippen LogP contribution is 2.18. The van der Waals surface area contributed by atoms with Crippen LogP contribution in [0.25, 0.3) is 0 Å². The van der Waals surface area contributed by atoms with E-state index < -0.39 is 0 Å². The zero-order chi connectivity index (χ0) is 18.4. The van der Waals surface area contributed by atoms with Crippen molar-refractivity contribution >= 4 is 28.4 Å². The first-order chi connectivity index (χ1) is 11.3. The lowest BCUT2D eigenvalue weighted by Crippen LogP contribution is -1.87. The van der Waals surface area contributed by atoms with E-state index >= 15 is 0 Å². The van der Waals surface area contributed by atoms with Gasteiger partial charge in [-0.25, -0.2) is 0 Å². The Morgan fingerprint density at radius 1 is 0.667 bits per heavy atom. The average Bonchev–Trinajstić information content (AvgIpc) is 2.46. The Kier molecular flexibility index (Phi) is 14.3. The van der Waals surface area contributed by atoms with Crippen LogP contribution in [-0.4, -0.2) is 5.78 Å². The summed E-state index contributed by atoms with van der Waals surface area (Å²) in [5, 5.41) is 0. The number of carbonyl (C=O) groups is 1. The Balaban J connectivity index is 3.98. The number of Topliss-reactive ketones (excluding diaryl/α,β-unsaturated/α-hetero) is 1. The maximum absolute atomic E-state index is 10.9. The van der Waals surface area contributed by atoms with Crippen LogP contribution in [0.4, 0.5) is 0 Å². The lowest BCUT2D eigenvalue weighted by Gasteiger charge is -2.02. The molecule has 0 unspecified atom stereocenters. The Morgan fingerprint density at radius 3 is 1.62 bits per heavy atom. The van der Waals surface area contributed by atoms with Crippen LogP contribution in [0.15, 0.2) is 44.6 Å². The first kappa shape index (κ1) is 23.4. The number of rotatable bonds is 12.